The fraction of sp³-hybridized carbons (Fsp3) is 0.538. The Labute approximate surface area is 89.7 Å². The van der Waals surface area contributed by atoms with Gasteiger partial charge < -0.3 is 5.32 Å². The molecule has 15 heavy (non-hydrogen) atoms. The van der Waals surface area contributed by atoms with Crippen LogP contribution >= 0.6 is 0 Å². The SMILES string of the molecule is FC1CNC(c2ccc(C3CC3)cc2)C1. The van der Waals surface area contributed by atoms with Crippen molar-refractivity contribution in [1.82, 2.24) is 5.32 Å². The molecule has 2 aliphatic rings. The summed E-state index contributed by atoms with van der Waals surface area (Å²) in [5.74, 6) is 0.810. The Hall–Kier alpha value is -0.890. The molecule has 2 heteroatoms. The fourth-order valence-corrected chi connectivity index (χ4v) is 2.36. The van der Waals surface area contributed by atoms with Crippen LogP contribution < -0.4 is 5.32 Å². The van der Waals surface area contributed by atoms with E-state index in [0.29, 0.717) is 13.0 Å². The molecule has 0 spiro atoms. The van der Waals surface area contributed by atoms with Gasteiger partial charge in [-0.2, -0.15) is 0 Å². The Kier molecular flexibility index (Phi) is 2.24. The van der Waals surface area contributed by atoms with E-state index >= 15 is 0 Å². The Bertz CT molecular complexity index is 342. The van der Waals surface area contributed by atoms with Crippen LogP contribution in [0, 0.1) is 0 Å². The Morgan fingerprint density at radius 2 is 1.73 bits per heavy atom. The maximum absolute atomic E-state index is 13.0. The lowest BCUT2D eigenvalue weighted by molar-refractivity contribution is 0.356. The molecule has 3 rings (SSSR count). The van der Waals surface area contributed by atoms with Crippen molar-refractivity contribution in [2.75, 3.05) is 6.54 Å². The highest BCUT2D eigenvalue weighted by Crippen LogP contribution is 2.40. The zero-order chi connectivity index (χ0) is 10.3. The van der Waals surface area contributed by atoms with Gasteiger partial charge in [0.15, 0.2) is 0 Å². The predicted octanol–water partition coefficient (Wildman–Crippen LogP) is 2.94. The summed E-state index contributed by atoms with van der Waals surface area (Å²) in [7, 11) is 0. The topological polar surface area (TPSA) is 12.0 Å². The van der Waals surface area contributed by atoms with E-state index in [0.717, 1.165) is 5.92 Å². The number of alkyl halides is 1. The Morgan fingerprint density at radius 3 is 2.27 bits per heavy atom. The molecule has 1 nitrogen and oxygen atoms in total. The highest BCUT2D eigenvalue weighted by atomic mass is 19.1. The standard InChI is InChI=1S/C13H16FN/c14-12-7-13(15-8-12)11-5-3-10(4-6-11)9-1-2-9/h3-6,9,12-13,15H,1-2,7-8H2. The van der Waals surface area contributed by atoms with Crippen molar-refractivity contribution in [3.05, 3.63) is 35.4 Å². The third-order valence-electron chi connectivity index (χ3n) is 3.46. The molecule has 2 atom stereocenters. The van der Waals surface area contributed by atoms with Gasteiger partial charge in [0.25, 0.3) is 0 Å². The van der Waals surface area contributed by atoms with Gasteiger partial charge in [0.2, 0.25) is 0 Å². The van der Waals surface area contributed by atoms with Gasteiger partial charge in [-0.05, 0) is 36.3 Å². The minimum absolute atomic E-state index is 0.230. The van der Waals surface area contributed by atoms with E-state index in [1.165, 1.54) is 24.0 Å². The van der Waals surface area contributed by atoms with Crippen LogP contribution in [0.5, 0.6) is 0 Å². The van der Waals surface area contributed by atoms with E-state index in [2.05, 4.69) is 29.6 Å². The normalized spacial score (nSPS) is 30.7. The van der Waals surface area contributed by atoms with E-state index in [9.17, 15) is 4.39 Å². The third kappa shape index (κ3) is 1.91. The van der Waals surface area contributed by atoms with Gasteiger partial charge in [0, 0.05) is 12.6 Å². The first-order valence-corrected chi connectivity index (χ1v) is 5.80. The van der Waals surface area contributed by atoms with E-state index in [1.807, 2.05) is 0 Å². The zero-order valence-electron chi connectivity index (χ0n) is 8.75. The Balaban J connectivity index is 1.75. The van der Waals surface area contributed by atoms with Crippen molar-refractivity contribution in [1.29, 1.82) is 0 Å². The van der Waals surface area contributed by atoms with E-state index in [4.69, 9.17) is 0 Å². The largest absolute Gasteiger partial charge is 0.307 e. The minimum Gasteiger partial charge on any atom is -0.307 e. The number of nitrogens with one attached hydrogen (secondary N) is 1. The molecular weight excluding hydrogens is 189 g/mol. The summed E-state index contributed by atoms with van der Waals surface area (Å²) in [5.41, 5.74) is 2.69. The maximum atomic E-state index is 13.0. The minimum atomic E-state index is -0.668. The second-order valence-corrected chi connectivity index (χ2v) is 4.73. The number of rotatable bonds is 2. The molecule has 0 bridgehead atoms. The van der Waals surface area contributed by atoms with Crippen molar-refractivity contribution in [3.63, 3.8) is 0 Å². The lowest BCUT2D eigenvalue weighted by Gasteiger charge is -2.10. The molecular formula is C13H16FN. The fourth-order valence-electron chi connectivity index (χ4n) is 2.36. The Morgan fingerprint density at radius 1 is 1.07 bits per heavy atom. The summed E-state index contributed by atoms with van der Waals surface area (Å²) in [4.78, 5) is 0. The van der Waals surface area contributed by atoms with E-state index < -0.39 is 6.17 Å². The summed E-state index contributed by atoms with van der Waals surface area (Å²) < 4.78 is 13.0. The van der Waals surface area contributed by atoms with Crippen molar-refractivity contribution in [2.24, 2.45) is 0 Å². The van der Waals surface area contributed by atoms with Crippen LogP contribution in [0.4, 0.5) is 4.39 Å². The van der Waals surface area contributed by atoms with Gasteiger partial charge in [0.1, 0.15) is 6.17 Å². The molecule has 2 fully saturated rings. The molecule has 1 saturated carbocycles. The smallest absolute Gasteiger partial charge is 0.114 e. The molecule has 1 aromatic carbocycles. The van der Waals surface area contributed by atoms with Crippen molar-refractivity contribution in [3.8, 4) is 0 Å². The number of halogens is 1. The molecule has 80 valence electrons. The van der Waals surface area contributed by atoms with Crippen molar-refractivity contribution >= 4 is 0 Å². The van der Waals surface area contributed by atoms with Crippen LogP contribution in [0.2, 0.25) is 0 Å². The van der Waals surface area contributed by atoms with Crippen LogP contribution in [0.3, 0.4) is 0 Å². The monoisotopic (exact) mass is 205 g/mol. The highest BCUT2D eigenvalue weighted by molar-refractivity contribution is 5.30. The third-order valence-corrected chi connectivity index (χ3v) is 3.46. The van der Waals surface area contributed by atoms with Crippen molar-refractivity contribution < 1.29 is 4.39 Å². The van der Waals surface area contributed by atoms with E-state index in [-0.39, 0.29) is 6.04 Å². The zero-order valence-corrected chi connectivity index (χ0v) is 8.75. The average molecular weight is 205 g/mol. The summed E-state index contributed by atoms with van der Waals surface area (Å²) in [5, 5.41) is 3.21. The van der Waals surface area contributed by atoms with Crippen LogP contribution in [0.1, 0.15) is 42.3 Å². The van der Waals surface area contributed by atoms with Gasteiger partial charge in [-0.25, -0.2) is 4.39 Å². The molecule has 0 aromatic heterocycles. The summed E-state index contributed by atoms with van der Waals surface area (Å²) >= 11 is 0. The lowest BCUT2D eigenvalue weighted by atomic mass is 10.0. The van der Waals surface area contributed by atoms with Crippen LogP contribution in [0.25, 0.3) is 0 Å². The second-order valence-electron chi connectivity index (χ2n) is 4.73. The number of hydrogen-bond acceptors (Lipinski definition) is 1. The molecule has 1 aliphatic heterocycles. The summed E-state index contributed by atoms with van der Waals surface area (Å²) in [6.45, 7) is 0.509. The molecule has 2 unspecified atom stereocenters. The average Bonchev–Trinajstić information content (AvgIpc) is 3.02. The molecule has 1 aromatic rings. The first-order chi connectivity index (χ1) is 7.33. The predicted molar refractivity (Wildman–Crippen MR) is 58.7 cm³/mol. The maximum Gasteiger partial charge on any atom is 0.114 e. The highest BCUT2D eigenvalue weighted by Gasteiger charge is 2.26. The molecule has 1 heterocycles. The molecule has 1 saturated heterocycles. The molecule has 0 radical (unpaired) electrons. The first kappa shape index (κ1) is 9.34. The summed E-state index contributed by atoms with van der Waals surface area (Å²) in [6, 6.07) is 8.96. The van der Waals surface area contributed by atoms with Gasteiger partial charge in [-0.1, -0.05) is 24.3 Å². The summed E-state index contributed by atoms with van der Waals surface area (Å²) in [6.07, 6.45) is 2.64. The van der Waals surface area contributed by atoms with E-state index in [1.54, 1.807) is 0 Å². The molecule has 0 amide bonds. The first-order valence-electron chi connectivity index (χ1n) is 5.80. The van der Waals surface area contributed by atoms with Gasteiger partial charge in [0.05, 0.1) is 0 Å². The number of hydrogen-bond donors (Lipinski definition) is 1. The van der Waals surface area contributed by atoms with Gasteiger partial charge in [-0.15, -0.1) is 0 Å². The quantitative estimate of drug-likeness (QED) is 0.782. The molecule has 1 N–H and O–H groups in total. The van der Waals surface area contributed by atoms with Crippen LogP contribution in [0.15, 0.2) is 24.3 Å². The molecule has 1 aliphatic carbocycles. The van der Waals surface area contributed by atoms with Gasteiger partial charge in [-0.3, -0.25) is 0 Å². The second kappa shape index (κ2) is 3.60. The number of benzene rings is 1. The van der Waals surface area contributed by atoms with Crippen molar-refractivity contribution in [2.45, 2.75) is 37.4 Å². The van der Waals surface area contributed by atoms with Crippen LogP contribution in [-0.2, 0) is 0 Å². The van der Waals surface area contributed by atoms with Gasteiger partial charge >= 0.3 is 0 Å². The lowest BCUT2D eigenvalue weighted by Crippen LogP contribution is -2.13. The van der Waals surface area contributed by atoms with Crippen LogP contribution in [-0.4, -0.2) is 12.7 Å².